The van der Waals surface area contributed by atoms with E-state index in [1.165, 1.54) is 10.5 Å². The highest BCUT2D eigenvalue weighted by Crippen LogP contribution is 2.23. The molecule has 2 unspecified atom stereocenters. The maximum absolute atomic E-state index is 12.3. The van der Waals surface area contributed by atoms with E-state index in [9.17, 15) is 14.7 Å². The van der Waals surface area contributed by atoms with Gasteiger partial charge in [-0.25, -0.2) is 9.59 Å². The summed E-state index contributed by atoms with van der Waals surface area (Å²) in [5.41, 5.74) is 1.89. The van der Waals surface area contributed by atoms with E-state index >= 15 is 0 Å². The molecule has 2 atom stereocenters. The normalized spacial score (nSPS) is 21.9. The molecule has 0 saturated carbocycles. The smallest absolute Gasteiger partial charge is 0.326 e. The average Bonchev–Trinajstić information content (AvgIpc) is 2.47. The number of hydrogen-bond donors (Lipinski definition) is 2. The van der Waals surface area contributed by atoms with Crippen LogP contribution in [0.5, 0.6) is 0 Å². The summed E-state index contributed by atoms with van der Waals surface area (Å²) in [4.78, 5) is 25.1. The monoisotopic (exact) mass is 290 g/mol. The number of carboxylic acids is 1. The van der Waals surface area contributed by atoms with E-state index in [4.69, 9.17) is 0 Å². The van der Waals surface area contributed by atoms with Crippen molar-refractivity contribution >= 4 is 17.7 Å². The molecule has 1 saturated heterocycles. The summed E-state index contributed by atoms with van der Waals surface area (Å²) in [6.07, 6.45) is 2.29. The molecule has 5 heteroatoms. The van der Waals surface area contributed by atoms with Gasteiger partial charge in [-0.2, -0.15) is 0 Å². The summed E-state index contributed by atoms with van der Waals surface area (Å²) in [5.74, 6) is -0.600. The largest absolute Gasteiger partial charge is 0.480 e. The summed E-state index contributed by atoms with van der Waals surface area (Å²) < 4.78 is 0. The molecule has 0 spiro atoms. The van der Waals surface area contributed by atoms with Crippen molar-refractivity contribution in [1.82, 2.24) is 4.90 Å². The summed E-state index contributed by atoms with van der Waals surface area (Å²) in [6.45, 7) is 4.58. The summed E-state index contributed by atoms with van der Waals surface area (Å²) in [5, 5.41) is 12.1. The SMILES string of the molecule is CCc1ccc(NC(=O)N2CCC(C)CC2C(=O)O)cc1. The van der Waals surface area contributed by atoms with Gasteiger partial charge in [-0.05, 0) is 42.9 Å². The molecule has 1 fully saturated rings. The van der Waals surface area contributed by atoms with E-state index in [-0.39, 0.29) is 6.03 Å². The number of aryl methyl sites for hydroxylation is 1. The zero-order chi connectivity index (χ0) is 15.4. The fourth-order valence-electron chi connectivity index (χ4n) is 2.64. The van der Waals surface area contributed by atoms with Gasteiger partial charge in [0.1, 0.15) is 6.04 Å². The number of nitrogens with zero attached hydrogens (tertiary/aromatic N) is 1. The lowest BCUT2D eigenvalue weighted by Gasteiger charge is -2.35. The van der Waals surface area contributed by atoms with E-state index in [0.717, 1.165) is 12.8 Å². The molecule has 21 heavy (non-hydrogen) atoms. The number of anilines is 1. The Morgan fingerprint density at radius 2 is 2.00 bits per heavy atom. The predicted molar refractivity (Wildman–Crippen MR) is 81.4 cm³/mol. The second kappa shape index (κ2) is 6.61. The third kappa shape index (κ3) is 3.74. The van der Waals surface area contributed by atoms with Gasteiger partial charge >= 0.3 is 12.0 Å². The van der Waals surface area contributed by atoms with Gasteiger partial charge in [0.2, 0.25) is 0 Å². The first kappa shape index (κ1) is 15.4. The van der Waals surface area contributed by atoms with Crippen LogP contribution in [0.2, 0.25) is 0 Å². The second-order valence-electron chi connectivity index (χ2n) is 5.66. The number of nitrogens with one attached hydrogen (secondary N) is 1. The van der Waals surface area contributed by atoms with Crippen molar-refractivity contribution in [2.75, 3.05) is 11.9 Å². The quantitative estimate of drug-likeness (QED) is 0.899. The first-order chi connectivity index (χ1) is 10.0. The van der Waals surface area contributed by atoms with Gasteiger partial charge in [-0.15, -0.1) is 0 Å². The van der Waals surface area contributed by atoms with Crippen LogP contribution in [0, 0.1) is 5.92 Å². The number of likely N-dealkylation sites (tertiary alicyclic amines) is 1. The first-order valence-corrected chi connectivity index (χ1v) is 7.40. The first-order valence-electron chi connectivity index (χ1n) is 7.40. The van der Waals surface area contributed by atoms with E-state index in [1.807, 2.05) is 31.2 Å². The van der Waals surface area contributed by atoms with Crippen LogP contribution in [0.1, 0.15) is 32.3 Å². The van der Waals surface area contributed by atoms with Crippen molar-refractivity contribution in [3.63, 3.8) is 0 Å². The molecule has 1 aromatic carbocycles. The zero-order valence-electron chi connectivity index (χ0n) is 12.5. The Hall–Kier alpha value is -2.04. The van der Waals surface area contributed by atoms with Crippen LogP contribution in [-0.2, 0) is 11.2 Å². The Labute approximate surface area is 125 Å². The van der Waals surface area contributed by atoms with Gasteiger partial charge in [0, 0.05) is 12.2 Å². The maximum atomic E-state index is 12.3. The van der Waals surface area contributed by atoms with Crippen molar-refractivity contribution in [3.05, 3.63) is 29.8 Å². The molecule has 1 aromatic rings. The minimum Gasteiger partial charge on any atom is -0.480 e. The minimum atomic E-state index is -0.932. The van der Waals surface area contributed by atoms with Gasteiger partial charge in [-0.1, -0.05) is 26.0 Å². The summed E-state index contributed by atoms with van der Waals surface area (Å²) >= 11 is 0. The van der Waals surface area contributed by atoms with Gasteiger partial charge < -0.3 is 15.3 Å². The Balaban J connectivity index is 2.05. The zero-order valence-corrected chi connectivity index (χ0v) is 12.5. The van der Waals surface area contributed by atoms with Gasteiger partial charge in [0.05, 0.1) is 0 Å². The molecule has 0 aliphatic carbocycles. The van der Waals surface area contributed by atoms with Crippen molar-refractivity contribution in [1.29, 1.82) is 0 Å². The van der Waals surface area contributed by atoms with Crippen LogP contribution in [0.3, 0.4) is 0 Å². The molecule has 1 aliphatic heterocycles. The maximum Gasteiger partial charge on any atom is 0.326 e. The van der Waals surface area contributed by atoms with Crippen molar-refractivity contribution in [2.45, 2.75) is 39.2 Å². The number of amides is 2. The van der Waals surface area contributed by atoms with E-state index in [2.05, 4.69) is 12.2 Å². The molecule has 114 valence electrons. The van der Waals surface area contributed by atoms with Gasteiger partial charge in [0.15, 0.2) is 0 Å². The number of piperidine rings is 1. The molecule has 1 heterocycles. The molecule has 5 nitrogen and oxygen atoms in total. The highest BCUT2D eigenvalue weighted by molar-refractivity contribution is 5.92. The predicted octanol–water partition coefficient (Wildman–Crippen LogP) is 2.97. The van der Waals surface area contributed by atoms with Crippen LogP contribution in [-0.4, -0.2) is 34.6 Å². The number of urea groups is 1. The number of aliphatic carboxylic acids is 1. The fourth-order valence-corrected chi connectivity index (χ4v) is 2.64. The van der Waals surface area contributed by atoms with Crippen LogP contribution in [0.4, 0.5) is 10.5 Å². The van der Waals surface area contributed by atoms with Gasteiger partial charge in [-0.3, -0.25) is 0 Å². The van der Waals surface area contributed by atoms with Crippen LogP contribution in [0.25, 0.3) is 0 Å². The Bertz CT molecular complexity index is 513. The lowest BCUT2D eigenvalue weighted by atomic mass is 9.93. The molecule has 0 aromatic heterocycles. The Kier molecular flexibility index (Phi) is 4.83. The van der Waals surface area contributed by atoms with E-state index in [1.54, 1.807) is 0 Å². The van der Waals surface area contributed by atoms with E-state index < -0.39 is 12.0 Å². The van der Waals surface area contributed by atoms with Crippen LogP contribution < -0.4 is 5.32 Å². The Morgan fingerprint density at radius 1 is 1.33 bits per heavy atom. The standard InChI is InChI=1S/C16H22N2O3/c1-3-12-4-6-13(7-5-12)17-16(21)18-9-8-11(2)10-14(18)15(19)20/h4-7,11,14H,3,8-10H2,1-2H3,(H,17,21)(H,19,20). The lowest BCUT2D eigenvalue weighted by molar-refractivity contribution is -0.143. The number of carbonyl (C=O) groups is 2. The van der Waals surface area contributed by atoms with Crippen molar-refractivity contribution in [3.8, 4) is 0 Å². The number of carboxylic acid groups (broad SMARTS) is 1. The highest BCUT2D eigenvalue weighted by atomic mass is 16.4. The summed E-state index contributed by atoms with van der Waals surface area (Å²) in [6, 6.07) is 6.55. The summed E-state index contributed by atoms with van der Waals surface area (Å²) in [7, 11) is 0. The highest BCUT2D eigenvalue weighted by Gasteiger charge is 2.34. The molecule has 0 bridgehead atoms. The number of benzene rings is 1. The second-order valence-corrected chi connectivity index (χ2v) is 5.66. The third-order valence-corrected chi connectivity index (χ3v) is 4.02. The topological polar surface area (TPSA) is 69.6 Å². The van der Waals surface area contributed by atoms with E-state index in [0.29, 0.717) is 24.6 Å². The molecule has 1 aliphatic rings. The van der Waals surface area contributed by atoms with Crippen LogP contribution in [0.15, 0.2) is 24.3 Å². The van der Waals surface area contributed by atoms with Crippen LogP contribution >= 0.6 is 0 Å². The molecular weight excluding hydrogens is 268 g/mol. The number of hydrogen-bond acceptors (Lipinski definition) is 2. The molecule has 0 radical (unpaired) electrons. The third-order valence-electron chi connectivity index (χ3n) is 4.02. The fraction of sp³-hybridized carbons (Fsp3) is 0.500. The van der Waals surface area contributed by atoms with Gasteiger partial charge in [0.25, 0.3) is 0 Å². The minimum absolute atomic E-state index is 0.332. The molecular formula is C16H22N2O3. The molecule has 2 rings (SSSR count). The van der Waals surface area contributed by atoms with Crippen molar-refractivity contribution < 1.29 is 14.7 Å². The average molecular weight is 290 g/mol. The Morgan fingerprint density at radius 3 is 2.57 bits per heavy atom. The lowest BCUT2D eigenvalue weighted by Crippen LogP contribution is -2.51. The number of carbonyl (C=O) groups excluding carboxylic acids is 1. The molecule has 2 N–H and O–H groups in total. The molecule has 2 amide bonds. The number of rotatable bonds is 3. The van der Waals surface area contributed by atoms with Crippen molar-refractivity contribution in [2.24, 2.45) is 5.92 Å².